The van der Waals surface area contributed by atoms with Gasteiger partial charge in [-0.05, 0) is 30.5 Å². The number of allylic oxidation sites excluding steroid dienone is 1. The zero-order valence-corrected chi connectivity index (χ0v) is 13.9. The van der Waals surface area contributed by atoms with Gasteiger partial charge in [0.05, 0.1) is 12.7 Å². The molecule has 0 aliphatic heterocycles. The second kappa shape index (κ2) is 7.00. The van der Waals surface area contributed by atoms with Crippen molar-refractivity contribution in [3.05, 3.63) is 53.9 Å². The quantitative estimate of drug-likeness (QED) is 0.442. The van der Waals surface area contributed by atoms with Crippen LogP contribution < -0.4 is 0 Å². The molecule has 0 radical (unpaired) electrons. The molecule has 1 saturated carbocycles. The Morgan fingerprint density at radius 1 is 1.39 bits per heavy atom. The molecule has 1 aromatic carbocycles. The number of rotatable bonds is 7. The molecular weight excluding hydrogens is 310 g/mol. The van der Waals surface area contributed by atoms with Gasteiger partial charge in [0.2, 0.25) is 0 Å². The molecule has 6 heteroatoms. The van der Waals surface area contributed by atoms with Gasteiger partial charge in [0.1, 0.15) is 5.82 Å². The fraction of sp³-hybridized carbons (Fsp3) is 0.353. The number of hydrogen-bond acceptors (Lipinski definition) is 5. The Morgan fingerprint density at radius 3 is 2.74 bits per heavy atom. The summed E-state index contributed by atoms with van der Waals surface area (Å²) < 4.78 is 6.85. The maximum atomic E-state index is 11.4. The van der Waals surface area contributed by atoms with E-state index in [4.69, 9.17) is 4.74 Å². The van der Waals surface area contributed by atoms with Gasteiger partial charge < -0.3 is 9.30 Å². The van der Waals surface area contributed by atoms with Gasteiger partial charge >= 0.3 is 5.97 Å². The van der Waals surface area contributed by atoms with Crippen LogP contribution in [0.25, 0.3) is 0 Å². The lowest BCUT2D eigenvalue weighted by Crippen LogP contribution is -2.03. The summed E-state index contributed by atoms with van der Waals surface area (Å²) in [5, 5.41) is 9.58. The highest BCUT2D eigenvalue weighted by Gasteiger charge is 2.30. The zero-order chi connectivity index (χ0) is 16.2. The predicted molar refractivity (Wildman–Crippen MR) is 89.5 cm³/mol. The molecule has 1 aromatic heterocycles. The third-order valence-corrected chi connectivity index (χ3v) is 4.78. The molecular formula is C17H19N3O2S. The van der Waals surface area contributed by atoms with Crippen molar-refractivity contribution >= 4 is 17.7 Å². The van der Waals surface area contributed by atoms with Crippen molar-refractivity contribution in [2.75, 3.05) is 7.11 Å². The fourth-order valence-electron chi connectivity index (χ4n) is 2.35. The molecule has 2 aromatic rings. The van der Waals surface area contributed by atoms with Crippen LogP contribution in [0.1, 0.15) is 40.5 Å². The van der Waals surface area contributed by atoms with Crippen LogP contribution in [0.2, 0.25) is 0 Å². The van der Waals surface area contributed by atoms with E-state index >= 15 is 0 Å². The summed E-state index contributed by atoms with van der Waals surface area (Å²) in [4.78, 5) is 11.4. The van der Waals surface area contributed by atoms with E-state index in [-0.39, 0.29) is 5.97 Å². The average Bonchev–Trinajstić information content (AvgIpc) is 3.35. The largest absolute Gasteiger partial charge is 0.465 e. The Labute approximate surface area is 139 Å². The molecule has 0 amide bonds. The molecule has 0 atom stereocenters. The third kappa shape index (κ3) is 3.64. The molecule has 0 spiro atoms. The van der Waals surface area contributed by atoms with Gasteiger partial charge in [0, 0.05) is 18.2 Å². The number of esters is 1. The Kier molecular flexibility index (Phi) is 4.81. The summed E-state index contributed by atoms with van der Waals surface area (Å²) in [5.41, 5.74) is 1.69. The van der Waals surface area contributed by atoms with Gasteiger partial charge in [-0.1, -0.05) is 30.0 Å². The molecule has 5 nitrogen and oxygen atoms in total. The molecule has 23 heavy (non-hydrogen) atoms. The molecule has 1 aliphatic carbocycles. The normalized spacial score (nSPS) is 13.8. The van der Waals surface area contributed by atoms with Crippen LogP contribution in [-0.2, 0) is 17.0 Å². The Morgan fingerprint density at radius 2 is 2.13 bits per heavy atom. The molecule has 120 valence electrons. The van der Waals surface area contributed by atoms with Gasteiger partial charge in [-0.15, -0.1) is 16.8 Å². The van der Waals surface area contributed by atoms with E-state index in [1.807, 2.05) is 18.2 Å². The zero-order valence-electron chi connectivity index (χ0n) is 13.1. The lowest BCUT2D eigenvalue weighted by Gasteiger charge is -2.07. The number of ether oxygens (including phenoxy) is 1. The summed E-state index contributed by atoms with van der Waals surface area (Å²) in [6.45, 7) is 4.56. The number of methoxy groups -OCH3 is 1. The Bertz CT molecular complexity index is 705. The summed E-state index contributed by atoms with van der Waals surface area (Å²) in [6, 6.07) is 7.45. The standard InChI is InChI=1S/C17H19N3O2S/c1-3-10-20-15(13-8-9-13)18-19-17(20)23-11-12-4-6-14(7-5-12)16(21)22-2/h3-7,13H,1,8-11H2,2H3. The van der Waals surface area contributed by atoms with Crippen LogP contribution in [0, 0.1) is 0 Å². The number of carbonyl (C=O) groups excluding carboxylic acids is 1. The number of hydrogen-bond donors (Lipinski definition) is 0. The molecule has 1 heterocycles. The van der Waals surface area contributed by atoms with Crippen LogP contribution in [0.3, 0.4) is 0 Å². The first-order valence-electron chi connectivity index (χ1n) is 7.57. The SMILES string of the molecule is C=CCn1c(SCc2ccc(C(=O)OC)cc2)nnc1C1CC1. The van der Waals surface area contributed by atoms with E-state index in [0.717, 1.165) is 28.8 Å². The van der Waals surface area contributed by atoms with E-state index in [2.05, 4.69) is 21.3 Å². The maximum Gasteiger partial charge on any atom is 0.337 e. The van der Waals surface area contributed by atoms with Gasteiger partial charge in [-0.2, -0.15) is 0 Å². The van der Waals surface area contributed by atoms with Crippen molar-refractivity contribution in [1.82, 2.24) is 14.8 Å². The maximum absolute atomic E-state index is 11.4. The molecule has 1 fully saturated rings. The molecule has 1 aliphatic rings. The number of thioether (sulfide) groups is 1. The van der Waals surface area contributed by atoms with Gasteiger partial charge in [-0.25, -0.2) is 4.79 Å². The van der Waals surface area contributed by atoms with E-state index in [1.54, 1.807) is 23.9 Å². The molecule has 3 rings (SSSR count). The summed E-state index contributed by atoms with van der Waals surface area (Å²) >= 11 is 1.65. The Hall–Kier alpha value is -2.08. The van der Waals surface area contributed by atoms with Crippen molar-refractivity contribution in [2.24, 2.45) is 0 Å². The van der Waals surface area contributed by atoms with Crippen LogP contribution in [0.15, 0.2) is 42.1 Å². The second-order valence-corrected chi connectivity index (χ2v) is 6.43. The highest BCUT2D eigenvalue weighted by molar-refractivity contribution is 7.98. The number of benzene rings is 1. The first kappa shape index (κ1) is 15.8. The smallest absolute Gasteiger partial charge is 0.337 e. The first-order chi connectivity index (χ1) is 11.2. The highest BCUT2D eigenvalue weighted by Crippen LogP contribution is 2.40. The van der Waals surface area contributed by atoms with Crippen molar-refractivity contribution in [1.29, 1.82) is 0 Å². The number of nitrogens with zero attached hydrogens (tertiary/aromatic N) is 3. The van der Waals surface area contributed by atoms with Crippen LogP contribution in [0.5, 0.6) is 0 Å². The van der Waals surface area contributed by atoms with Gasteiger partial charge in [0.15, 0.2) is 5.16 Å². The van der Waals surface area contributed by atoms with E-state index in [9.17, 15) is 4.79 Å². The Balaban J connectivity index is 1.68. The summed E-state index contributed by atoms with van der Waals surface area (Å²) in [6.07, 6.45) is 4.29. The van der Waals surface area contributed by atoms with Crippen molar-refractivity contribution in [3.63, 3.8) is 0 Å². The van der Waals surface area contributed by atoms with Crippen LogP contribution >= 0.6 is 11.8 Å². The van der Waals surface area contributed by atoms with Crippen LogP contribution in [-0.4, -0.2) is 27.8 Å². The predicted octanol–water partition coefficient (Wildman–Crippen LogP) is 3.42. The van der Waals surface area contributed by atoms with Crippen LogP contribution in [0.4, 0.5) is 0 Å². The first-order valence-corrected chi connectivity index (χ1v) is 8.55. The fourth-order valence-corrected chi connectivity index (χ4v) is 3.26. The molecule has 0 unspecified atom stereocenters. The average molecular weight is 329 g/mol. The summed E-state index contributed by atoms with van der Waals surface area (Å²) in [7, 11) is 1.38. The van der Waals surface area contributed by atoms with E-state index < -0.39 is 0 Å². The minimum atomic E-state index is -0.316. The highest BCUT2D eigenvalue weighted by atomic mass is 32.2. The minimum Gasteiger partial charge on any atom is -0.465 e. The monoisotopic (exact) mass is 329 g/mol. The molecule has 0 saturated heterocycles. The lowest BCUT2D eigenvalue weighted by molar-refractivity contribution is 0.0600. The van der Waals surface area contributed by atoms with Gasteiger partial charge in [0.25, 0.3) is 0 Å². The van der Waals surface area contributed by atoms with Crippen molar-refractivity contribution < 1.29 is 9.53 Å². The van der Waals surface area contributed by atoms with E-state index in [0.29, 0.717) is 11.5 Å². The number of aromatic nitrogens is 3. The molecule has 0 bridgehead atoms. The third-order valence-electron chi connectivity index (χ3n) is 3.74. The van der Waals surface area contributed by atoms with Crippen molar-refractivity contribution in [3.8, 4) is 0 Å². The second-order valence-electron chi connectivity index (χ2n) is 5.49. The van der Waals surface area contributed by atoms with Crippen molar-refractivity contribution in [2.45, 2.75) is 36.2 Å². The minimum absolute atomic E-state index is 0.316. The molecule has 0 N–H and O–H groups in total. The van der Waals surface area contributed by atoms with Gasteiger partial charge in [-0.3, -0.25) is 0 Å². The number of carbonyl (C=O) groups is 1. The van der Waals surface area contributed by atoms with E-state index in [1.165, 1.54) is 20.0 Å². The topological polar surface area (TPSA) is 57.0 Å². The lowest BCUT2D eigenvalue weighted by atomic mass is 10.1. The summed E-state index contributed by atoms with van der Waals surface area (Å²) in [5.74, 6) is 2.11.